The van der Waals surface area contributed by atoms with Crippen LogP contribution in [0.2, 0.25) is 0 Å². The molecule has 1 spiro atoms. The van der Waals surface area contributed by atoms with Crippen molar-refractivity contribution in [2.24, 2.45) is 5.41 Å². The lowest BCUT2D eigenvalue weighted by Gasteiger charge is -2.46. The first-order chi connectivity index (χ1) is 10.9. The molecule has 3 rings (SSSR count). The molecule has 0 radical (unpaired) electrons. The molecular formula is C18H29N3O2. The van der Waals surface area contributed by atoms with Crippen LogP contribution in [0.15, 0.2) is 4.42 Å². The van der Waals surface area contributed by atoms with Crippen LogP contribution in [0.5, 0.6) is 0 Å². The summed E-state index contributed by atoms with van der Waals surface area (Å²) in [5.74, 6) is 1.25. The van der Waals surface area contributed by atoms with Crippen molar-refractivity contribution in [3.05, 3.63) is 17.3 Å². The van der Waals surface area contributed by atoms with Crippen molar-refractivity contribution in [2.75, 3.05) is 27.2 Å². The highest BCUT2D eigenvalue weighted by Crippen LogP contribution is 2.45. The molecule has 1 aliphatic heterocycles. The summed E-state index contributed by atoms with van der Waals surface area (Å²) in [5, 5.41) is 0. The van der Waals surface area contributed by atoms with Gasteiger partial charge in [-0.1, -0.05) is 0 Å². The molecule has 23 heavy (non-hydrogen) atoms. The van der Waals surface area contributed by atoms with Crippen LogP contribution in [0.3, 0.4) is 0 Å². The fourth-order valence-corrected chi connectivity index (χ4v) is 4.29. The standard InChI is InChI=1S/C18H29N3O2/c1-13-16(19-14(2)23-13)17(22)21-11-9-18(10-12-21)7-5-15(6-8-18)20(3)4/h15H,5-12H2,1-4H3. The molecule has 1 saturated heterocycles. The van der Waals surface area contributed by atoms with E-state index in [2.05, 4.69) is 24.0 Å². The van der Waals surface area contributed by atoms with Gasteiger partial charge >= 0.3 is 0 Å². The molecule has 2 heterocycles. The maximum atomic E-state index is 12.6. The second-order valence-electron chi connectivity index (χ2n) is 7.62. The predicted octanol–water partition coefficient (Wildman–Crippen LogP) is 3.02. The van der Waals surface area contributed by atoms with Crippen LogP contribution in [0, 0.1) is 19.3 Å². The fraction of sp³-hybridized carbons (Fsp3) is 0.778. The van der Waals surface area contributed by atoms with Crippen LogP contribution in [0.25, 0.3) is 0 Å². The molecule has 1 aromatic rings. The summed E-state index contributed by atoms with van der Waals surface area (Å²) in [5.41, 5.74) is 0.965. The Kier molecular flexibility index (Phi) is 4.50. The number of hydrogen-bond acceptors (Lipinski definition) is 4. The van der Waals surface area contributed by atoms with Crippen molar-refractivity contribution in [1.82, 2.24) is 14.8 Å². The quantitative estimate of drug-likeness (QED) is 0.841. The summed E-state index contributed by atoms with van der Waals surface area (Å²) in [6, 6.07) is 0.737. The molecule has 0 atom stereocenters. The largest absolute Gasteiger partial charge is 0.445 e. The van der Waals surface area contributed by atoms with Crippen LogP contribution in [-0.4, -0.2) is 53.9 Å². The van der Waals surface area contributed by atoms with Crippen LogP contribution in [0.1, 0.15) is 60.7 Å². The number of rotatable bonds is 2. The first kappa shape index (κ1) is 16.5. The third-order valence-corrected chi connectivity index (χ3v) is 5.96. The smallest absolute Gasteiger partial charge is 0.276 e. The monoisotopic (exact) mass is 319 g/mol. The average Bonchev–Trinajstić information content (AvgIpc) is 2.86. The van der Waals surface area contributed by atoms with Gasteiger partial charge in [0.2, 0.25) is 0 Å². The SMILES string of the molecule is Cc1nc(C(=O)N2CCC3(CCC(N(C)C)CC3)CC2)c(C)o1. The van der Waals surface area contributed by atoms with Crippen molar-refractivity contribution in [1.29, 1.82) is 0 Å². The molecule has 2 aliphatic rings. The number of carbonyl (C=O) groups is 1. The molecule has 1 aromatic heterocycles. The van der Waals surface area contributed by atoms with Crippen LogP contribution < -0.4 is 0 Å². The van der Waals surface area contributed by atoms with Crippen molar-refractivity contribution in [3.8, 4) is 0 Å². The number of aryl methyl sites for hydroxylation is 2. The lowest BCUT2D eigenvalue weighted by molar-refractivity contribution is 0.0351. The highest BCUT2D eigenvalue weighted by Gasteiger charge is 2.39. The predicted molar refractivity (Wildman–Crippen MR) is 89.5 cm³/mol. The van der Waals surface area contributed by atoms with Gasteiger partial charge in [-0.25, -0.2) is 4.98 Å². The zero-order valence-corrected chi connectivity index (χ0v) is 14.9. The van der Waals surface area contributed by atoms with Crippen LogP contribution in [0.4, 0.5) is 0 Å². The topological polar surface area (TPSA) is 49.6 Å². The Labute approximate surface area is 139 Å². The van der Waals surface area contributed by atoms with Gasteiger partial charge in [0, 0.05) is 26.1 Å². The number of amides is 1. The van der Waals surface area contributed by atoms with Gasteiger partial charge in [0.1, 0.15) is 5.76 Å². The zero-order chi connectivity index (χ0) is 16.6. The summed E-state index contributed by atoms with van der Waals surface area (Å²) in [7, 11) is 4.37. The van der Waals surface area contributed by atoms with Gasteiger partial charge in [-0.15, -0.1) is 0 Å². The average molecular weight is 319 g/mol. The van der Waals surface area contributed by atoms with E-state index in [0.29, 0.717) is 22.8 Å². The summed E-state index contributed by atoms with van der Waals surface area (Å²) in [6.45, 7) is 5.33. The molecule has 1 amide bonds. The third kappa shape index (κ3) is 3.30. The molecule has 5 heteroatoms. The lowest BCUT2D eigenvalue weighted by Crippen LogP contribution is -2.46. The summed E-state index contributed by atoms with van der Waals surface area (Å²) in [6.07, 6.45) is 7.47. The second kappa shape index (κ2) is 6.27. The molecule has 0 N–H and O–H groups in total. The summed E-state index contributed by atoms with van der Waals surface area (Å²) >= 11 is 0. The van der Waals surface area contributed by atoms with Gasteiger partial charge in [-0.3, -0.25) is 4.79 Å². The molecule has 0 bridgehead atoms. The Balaban J connectivity index is 1.59. The van der Waals surface area contributed by atoms with E-state index in [1.807, 2.05) is 11.8 Å². The number of likely N-dealkylation sites (tertiary alicyclic amines) is 1. The molecule has 0 aromatic carbocycles. The second-order valence-corrected chi connectivity index (χ2v) is 7.62. The van der Waals surface area contributed by atoms with Crippen molar-refractivity contribution in [3.63, 3.8) is 0 Å². The van der Waals surface area contributed by atoms with E-state index in [0.717, 1.165) is 32.0 Å². The number of nitrogens with zero attached hydrogens (tertiary/aromatic N) is 3. The van der Waals surface area contributed by atoms with E-state index in [1.54, 1.807) is 6.92 Å². The van der Waals surface area contributed by atoms with Crippen molar-refractivity contribution < 1.29 is 9.21 Å². The minimum atomic E-state index is 0.0381. The van der Waals surface area contributed by atoms with E-state index >= 15 is 0 Å². The number of aromatic nitrogens is 1. The molecule has 0 unspecified atom stereocenters. The van der Waals surface area contributed by atoms with E-state index in [-0.39, 0.29) is 5.91 Å². The highest BCUT2D eigenvalue weighted by molar-refractivity contribution is 5.93. The van der Waals surface area contributed by atoms with Crippen molar-refractivity contribution >= 4 is 5.91 Å². The van der Waals surface area contributed by atoms with Crippen LogP contribution in [-0.2, 0) is 0 Å². The molecule has 128 valence electrons. The fourth-order valence-electron chi connectivity index (χ4n) is 4.29. The Morgan fingerprint density at radius 2 is 1.78 bits per heavy atom. The molecule has 2 fully saturated rings. The maximum absolute atomic E-state index is 12.6. The normalized spacial score (nSPS) is 22.0. The molecule has 1 aliphatic carbocycles. The van der Waals surface area contributed by atoms with E-state index < -0.39 is 0 Å². The summed E-state index contributed by atoms with van der Waals surface area (Å²) < 4.78 is 5.41. The Bertz CT molecular complexity index is 561. The Morgan fingerprint density at radius 1 is 1.17 bits per heavy atom. The van der Waals surface area contributed by atoms with Gasteiger partial charge in [-0.05, 0) is 65.0 Å². The first-order valence-electron chi connectivity index (χ1n) is 8.80. The first-order valence-corrected chi connectivity index (χ1v) is 8.80. The molecular weight excluding hydrogens is 290 g/mol. The number of carbonyl (C=O) groups excluding carboxylic acids is 1. The molecule has 1 saturated carbocycles. The minimum Gasteiger partial charge on any atom is -0.445 e. The van der Waals surface area contributed by atoms with Gasteiger partial charge in [0.25, 0.3) is 5.91 Å². The van der Waals surface area contributed by atoms with Gasteiger partial charge < -0.3 is 14.2 Å². The lowest BCUT2D eigenvalue weighted by atomic mass is 9.67. The Hall–Kier alpha value is -1.36. The van der Waals surface area contributed by atoms with Gasteiger partial charge in [0.05, 0.1) is 0 Å². The minimum absolute atomic E-state index is 0.0381. The number of hydrogen-bond donors (Lipinski definition) is 0. The van der Waals surface area contributed by atoms with Gasteiger partial charge in [-0.2, -0.15) is 0 Å². The van der Waals surface area contributed by atoms with E-state index in [1.165, 1.54) is 25.7 Å². The zero-order valence-electron chi connectivity index (χ0n) is 14.9. The maximum Gasteiger partial charge on any atom is 0.276 e. The van der Waals surface area contributed by atoms with E-state index in [4.69, 9.17) is 4.42 Å². The summed E-state index contributed by atoms with van der Waals surface area (Å²) in [4.78, 5) is 21.2. The number of oxazole rings is 1. The van der Waals surface area contributed by atoms with Crippen molar-refractivity contribution in [2.45, 2.75) is 58.4 Å². The Morgan fingerprint density at radius 3 is 2.26 bits per heavy atom. The van der Waals surface area contributed by atoms with E-state index in [9.17, 15) is 4.79 Å². The number of piperidine rings is 1. The third-order valence-electron chi connectivity index (χ3n) is 5.96. The molecule has 5 nitrogen and oxygen atoms in total. The van der Waals surface area contributed by atoms with Crippen LogP contribution >= 0.6 is 0 Å². The highest BCUT2D eigenvalue weighted by atomic mass is 16.4. The van der Waals surface area contributed by atoms with Gasteiger partial charge in [0.15, 0.2) is 11.6 Å².